The molecule has 2 aliphatic rings. The van der Waals surface area contributed by atoms with Gasteiger partial charge in [-0.25, -0.2) is 0 Å². The van der Waals surface area contributed by atoms with Crippen LogP contribution in [0.3, 0.4) is 0 Å². The van der Waals surface area contributed by atoms with Crippen LogP contribution in [0, 0.1) is 0 Å². The SMILES string of the molecule is O=C1N(Cc2ccccc2)C(O)CC12CCCO2. The van der Waals surface area contributed by atoms with E-state index in [0.29, 0.717) is 19.6 Å². The number of amides is 1. The molecule has 18 heavy (non-hydrogen) atoms. The van der Waals surface area contributed by atoms with Crippen LogP contribution >= 0.6 is 0 Å². The fourth-order valence-electron chi connectivity index (χ4n) is 2.87. The number of rotatable bonds is 2. The van der Waals surface area contributed by atoms with E-state index in [1.165, 1.54) is 4.90 Å². The van der Waals surface area contributed by atoms with Gasteiger partial charge in [-0.2, -0.15) is 0 Å². The summed E-state index contributed by atoms with van der Waals surface area (Å²) in [6.45, 7) is 1.07. The van der Waals surface area contributed by atoms with Gasteiger partial charge in [0, 0.05) is 19.6 Å². The van der Waals surface area contributed by atoms with Gasteiger partial charge in [0.05, 0.1) is 0 Å². The fourth-order valence-corrected chi connectivity index (χ4v) is 2.87. The third kappa shape index (κ3) is 1.82. The standard InChI is InChI=1S/C14H17NO3/c16-12-9-14(7-4-8-18-14)13(17)15(12)10-11-5-2-1-3-6-11/h1-3,5-6,12,16H,4,7-10H2. The van der Waals surface area contributed by atoms with E-state index in [1.54, 1.807) is 0 Å². The zero-order valence-electron chi connectivity index (χ0n) is 10.2. The molecule has 0 aliphatic carbocycles. The molecule has 4 nitrogen and oxygen atoms in total. The monoisotopic (exact) mass is 247 g/mol. The summed E-state index contributed by atoms with van der Waals surface area (Å²) in [5.41, 5.74) is 0.286. The lowest BCUT2D eigenvalue weighted by Crippen LogP contribution is -2.40. The topological polar surface area (TPSA) is 49.8 Å². The van der Waals surface area contributed by atoms with Crippen LogP contribution in [0.2, 0.25) is 0 Å². The number of nitrogens with zero attached hydrogens (tertiary/aromatic N) is 1. The number of hydrogen-bond acceptors (Lipinski definition) is 3. The lowest BCUT2D eigenvalue weighted by molar-refractivity contribution is -0.147. The molecule has 3 rings (SSSR count). The van der Waals surface area contributed by atoms with Crippen molar-refractivity contribution < 1.29 is 14.6 Å². The fraction of sp³-hybridized carbons (Fsp3) is 0.500. The molecule has 0 radical (unpaired) electrons. The predicted octanol–water partition coefficient (Wildman–Crippen LogP) is 1.29. The lowest BCUT2D eigenvalue weighted by atomic mass is 9.98. The number of carbonyl (C=O) groups is 1. The number of hydrogen-bond donors (Lipinski definition) is 1. The number of benzene rings is 1. The third-order valence-electron chi connectivity index (χ3n) is 3.82. The molecule has 96 valence electrons. The van der Waals surface area contributed by atoms with E-state index in [2.05, 4.69) is 0 Å². The zero-order valence-corrected chi connectivity index (χ0v) is 10.2. The van der Waals surface area contributed by atoms with Gasteiger partial charge in [-0.15, -0.1) is 0 Å². The highest BCUT2D eigenvalue weighted by molar-refractivity contribution is 5.88. The summed E-state index contributed by atoms with van der Waals surface area (Å²) >= 11 is 0. The zero-order chi connectivity index (χ0) is 12.6. The van der Waals surface area contributed by atoms with Crippen molar-refractivity contribution >= 4 is 5.91 Å². The molecule has 0 aromatic heterocycles. The Bertz CT molecular complexity index is 440. The highest BCUT2D eigenvalue weighted by atomic mass is 16.5. The number of aliphatic hydroxyl groups excluding tert-OH is 1. The minimum atomic E-state index is -0.742. The molecule has 2 fully saturated rings. The van der Waals surface area contributed by atoms with E-state index in [4.69, 9.17) is 4.74 Å². The van der Waals surface area contributed by atoms with Gasteiger partial charge in [-0.3, -0.25) is 4.79 Å². The van der Waals surface area contributed by atoms with Gasteiger partial charge in [-0.05, 0) is 18.4 Å². The van der Waals surface area contributed by atoms with Crippen LogP contribution in [-0.2, 0) is 16.1 Å². The average Bonchev–Trinajstić information content (AvgIpc) is 2.93. The Labute approximate surface area is 106 Å². The maximum absolute atomic E-state index is 12.4. The van der Waals surface area contributed by atoms with Gasteiger partial charge in [0.15, 0.2) is 5.60 Å². The van der Waals surface area contributed by atoms with Crippen molar-refractivity contribution in [2.24, 2.45) is 0 Å². The van der Waals surface area contributed by atoms with E-state index in [-0.39, 0.29) is 5.91 Å². The second-order valence-corrected chi connectivity index (χ2v) is 5.05. The van der Waals surface area contributed by atoms with Gasteiger partial charge in [0.2, 0.25) is 0 Å². The maximum atomic E-state index is 12.4. The predicted molar refractivity (Wildman–Crippen MR) is 65.5 cm³/mol. The molecule has 2 saturated heterocycles. The second kappa shape index (κ2) is 4.37. The van der Waals surface area contributed by atoms with E-state index in [0.717, 1.165) is 18.4 Å². The van der Waals surface area contributed by atoms with Crippen LogP contribution in [0.5, 0.6) is 0 Å². The maximum Gasteiger partial charge on any atom is 0.257 e. The van der Waals surface area contributed by atoms with E-state index in [1.807, 2.05) is 30.3 Å². The molecule has 1 spiro atoms. The quantitative estimate of drug-likeness (QED) is 0.856. The average molecular weight is 247 g/mol. The first-order valence-electron chi connectivity index (χ1n) is 6.38. The van der Waals surface area contributed by atoms with Crippen LogP contribution in [0.25, 0.3) is 0 Å². The highest BCUT2D eigenvalue weighted by Gasteiger charge is 2.53. The minimum Gasteiger partial charge on any atom is -0.373 e. The Hall–Kier alpha value is -1.39. The molecule has 2 atom stereocenters. The Balaban J connectivity index is 1.79. The normalized spacial score (nSPS) is 31.5. The molecular formula is C14H17NO3. The van der Waals surface area contributed by atoms with Crippen molar-refractivity contribution in [2.75, 3.05) is 6.61 Å². The molecule has 1 aromatic rings. The van der Waals surface area contributed by atoms with E-state index in [9.17, 15) is 9.90 Å². The van der Waals surface area contributed by atoms with Crippen molar-refractivity contribution in [1.29, 1.82) is 0 Å². The lowest BCUT2D eigenvalue weighted by Gasteiger charge is -2.22. The van der Waals surface area contributed by atoms with E-state index >= 15 is 0 Å². The summed E-state index contributed by atoms with van der Waals surface area (Å²) in [4.78, 5) is 13.9. The first kappa shape index (κ1) is 11.7. The number of aliphatic hydroxyl groups is 1. The largest absolute Gasteiger partial charge is 0.373 e. The van der Waals surface area contributed by atoms with Gasteiger partial charge in [-0.1, -0.05) is 30.3 Å². The van der Waals surface area contributed by atoms with Gasteiger partial charge >= 0.3 is 0 Å². The summed E-state index contributed by atoms with van der Waals surface area (Å²) in [5, 5.41) is 10.1. The molecule has 1 N–H and O–H groups in total. The van der Waals surface area contributed by atoms with Crippen LogP contribution in [-0.4, -0.2) is 34.3 Å². The second-order valence-electron chi connectivity index (χ2n) is 5.05. The molecule has 0 bridgehead atoms. The van der Waals surface area contributed by atoms with E-state index < -0.39 is 11.8 Å². The summed E-state index contributed by atoms with van der Waals surface area (Å²) in [7, 11) is 0. The summed E-state index contributed by atoms with van der Waals surface area (Å²) in [6, 6.07) is 9.72. The van der Waals surface area contributed by atoms with Gasteiger partial charge < -0.3 is 14.7 Å². The Kier molecular flexibility index (Phi) is 2.84. The Morgan fingerprint density at radius 3 is 2.83 bits per heavy atom. The summed E-state index contributed by atoms with van der Waals surface area (Å²) < 4.78 is 5.60. The van der Waals surface area contributed by atoms with Crippen LogP contribution < -0.4 is 0 Å². The van der Waals surface area contributed by atoms with Gasteiger partial charge in [0.1, 0.15) is 6.23 Å². The minimum absolute atomic E-state index is 0.0589. The first-order valence-corrected chi connectivity index (χ1v) is 6.38. The third-order valence-corrected chi connectivity index (χ3v) is 3.82. The summed E-state index contributed by atoms with van der Waals surface area (Å²) in [6.07, 6.45) is 1.31. The smallest absolute Gasteiger partial charge is 0.257 e. The van der Waals surface area contributed by atoms with Crippen molar-refractivity contribution in [1.82, 2.24) is 4.90 Å². The first-order chi connectivity index (χ1) is 8.71. The molecule has 2 unspecified atom stereocenters. The molecule has 0 saturated carbocycles. The highest BCUT2D eigenvalue weighted by Crippen LogP contribution is 2.39. The Morgan fingerprint density at radius 2 is 2.17 bits per heavy atom. The Morgan fingerprint density at radius 1 is 1.39 bits per heavy atom. The van der Waals surface area contributed by atoms with Crippen LogP contribution in [0.1, 0.15) is 24.8 Å². The van der Waals surface area contributed by atoms with Crippen LogP contribution in [0.15, 0.2) is 30.3 Å². The molecule has 2 heterocycles. The summed E-state index contributed by atoms with van der Waals surface area (Å²) in [5.74, 6) is -0.0589. The molecule has 4 heteroatoms. The number of likely N-dealkylation sites (tertiary alicyclic amines) is 1. The molecule has 2 aliphatic heterocycles. The van der Waals surface area contributed by atoms with Crippen LogP contribution in [0.4, 0.5) is 0 Å². The molecule has 1 amide bonds. The van der Waals surface area contributed by atoms with Gasteiger partial charge in [0.25, 0.3) is 5.91 Å². The number of ether oxygens (including phenoxy) is 1. The van der Waals surface area contributed by atoms with Crippen molar-refractivity contribution in [3.05, 3.63) is 35.9 Å². The van der Waals surface area contributed by atoms with Crippen molar-refractivity contribution in [2.45, 2.75) is 37.6 Å². The molecule has 1 aromatic carbocycles. The van der Waals surface area contributed by atoms with Crippen molar-refractivity contribution in [3.8, 4) is 0 Å². The van der Waals surface area contributed by atoms with Crippen molar-refractivity contribution in [3.63, 3.8) is 0 Å². The molecular weight excluding hydrogens is 230 g/mol. The number of carbonyl (C=O) groups excluding carboxylic acids is 1.